The Kier molecular flexibility index (Phi) is 36.1. The number of hydrogen-bond donors (Lipinski definition) is 0. The molecule has 49 heavy (non-hydrogen) atoms. The van der Waals surface area contributed by atoms with Crippen molar-refractivity contribution in [3.63, 3.8) is 0 Å². The van der Waals surface area contributed by atoms with Gasteiger partial charge in [-0.25, -0.2) is 0 Å². The maximum absolute atomic E-state index is 12.6. The number of carbonyl (C=O) groups is 3. The molecule has 6 nitrogen and oxygen atoms in total. The van der Waals surface area contributed by atoms with Crippen LogP contribution in [0.25, 0.3) is 0 Å². The molecule has 0 radical (unpaired) electrons. The summed E-state index contributed by atoms with van der Waals surface area (Å²) in [5, 5.41) is 0. The molecule has 0 aromatic carbocycles. The summed E-state index contributed by atoms with van der Waals surface area (Å²) < 4.78 is 16.5. The highest BCUT2D eigenvalue weighted by atomic mass is 16.6. The molecule has 0 aromatic rings. The quantitative estimate of drug-likeness (QED) is 0.0286. The summed E-state index contributed by atoms with van der Waals surface area (Å²) in [6.45, 7) is 6.37. The molecule has 0 saturated heterocycles. The Labute approximate surface area is 301 Å². The highest BCUT2D eigenvalue weighted by molar-refractivity contribution is 5.71. The largest absolute Gasteiger partial charge is 0.462 e. The molecule has 0 fully saturated rings. The Balaban J connectivity index is 4.35. The summed E-state index contributed by atoms with van der Waals surface area (Å²) in [6.07, 6.45) is 42.7. The topological polar surface area (TPSA) is 78.9 Å². The van der Waals surface area contributed by atoms with E-state index in [1.54, 1.807) is 0 Å². The van der Waals surface area contributed by atoms with Gasteiger partial charge in [-0.15, -0.1) is 0 Å². The molecule has 0 N–H and O–H groups in total. The Hall–Kier alpha value is -2.63. The third-order valence-corrected chi connectivity index (χ3v) is 8.35. The molecule has 0 aliphatic carbocycles. The number of carbonyl (C=O) groups excluding carboxylic acids is 3. The maximum Gasteiger partial charge on any atom is 0.306 e. The molecule has 0 amide bonds. The fraction of sp³-hybridized carbons (Fsp3) is 0.744. The monoisotopic (exact) mass is 687 g/mol. The van der Waals surface area contributed by atoms with Crippen molar-refractivity contribution in [2.45, 2.75) is 194 Å². The maximum atomic E-state index is 12.6. The van der Waals surface area contributed by atoms with Crippen molar-refractivity contribution in [2.24, 2.45) is 0 Å². The fourth-order valence-electron chi connectivity index (χ4n) is 5.31. The van der Waals surface area contributed by atoms with Crippen LogP contribution < -0.4 is 0 Å². The van der Waals surface area contributed by atoms with Gasteiger partial charge >= 0.3 is 17.9 Å². The van der Waals surface area contributed by atoms with Crippen molar-refractivity contribution >= 4 is 17.9 Å². The summed E-state index contributed by atoms with van der Waals surface area (Å²) in [5.74, 6) is -0.950. The first-order valence-electron chi connectivity index (χ1n) is 20.1. The van der Waals surface area contributed by atoms with E-state index >= 15 is 0 Å². The van der Waals surface area contributed by atoms with Crippen LogP contribution in [0.3, 0.4) is 0 Å². The first-order valence-corrected chi connectivity index (χ1v) is 20.1. The first-order chi connectivity index (χ1) is 24.0. The van der Waals surface area contributed by atoms with Crippen LogP contribution in [-0.2, 0) is 28.6 Å². The molecule has 6 heteroatoms. The van der Waals surface area contributed by atoms with Crippen LogP contribution in [0.5, 0.6) is 0 Å². The minimum Gasteiger partial charge on any atom is -0.462 e. The van der Waals surface area contributed by atoms with Gasteiger partial charge in [-0.05, 0) is 57.8 Å². The highest BCUT2D eigenvalue weighted by Gasteiger charge is 2.19. The number of allylic oxidation sites excluding steroid dienone is 8. The van der Waals surface area contributed by atoms with Crippen LogP contribution in [0.15, 0.2) is 48.6 Å². The Bertz CT molecular complexity index is 887. The van der Waals surface area contributed by atoms with Crippen LogP contribution in [0.4, 0.5) is 0 Å². The highest BCUT2D eigenvalue weighted by Crippen LogP contribution is 2.13. The lowest BCUT2D eigenvalue weighted by Gasteiger charge is -2.18. The Morgan fingerprint density at radius 3 is 1.24 bits per heavy atom. The predicted octanol–water partition coefficient (Wildman–Crippen LogP) is 12.4. The average molecular weight is 687 g/mol. The van der Waals surface area contributed by atoms with Crippen LogP contribution in [-0.4, -0.2) is 37.2 Å². The van der Waals surface area contributed by atoms with Gasteiger partial charge in [0.15, 0.2) is 6.10 Å². The predicted molar refractivity (Wildman–Crippen MR) is 205 cm³/mol. The lowest BCUT2D eigenvalue weighted by molar-refractivity contribution is -0.167. The molecule has 0 aliphatic heterocycles. The molecule has 282 valence electrons. The van der Waals surface area contributed by atoms with Gasteiger partial charge in [0, 0.05) is 19.3 Å². The molecule has 0 saturated carbocycles. The van der Waals surface area contributed by atoms with E-state index in [1.807, 2.05) is 0 Å². The molecule has 0 bridgehead atoms. The van der Waals surface area contributed by atoms with Crippen molar-refractivity contribution in [2.75, 3.05) is 13.2 Å². The Morgan fingerprint density at radius 2 is 0.796 bits per heavy atom. The van der Waals surface area contributed by atoms with Gasteiger partial charge in [-0.2, -0.15) is 0 Å². The smallest absolute Gasteiger partial charge is 0.306 e. The van der Waals surface area contributed by atoms with E-state index in [0.717, 1.165) is 89.9 Å². The van der Waals surface area contributed by atoms with Crippen molar-refractivity contribution in [1.82, 2.24) is 0 Å². The molecule has 0 rings (SSSR count). The fourth-order valence-corrected chi connectivity index (χ4v) is 5.31. The minimum absolute atomic E-state index is 0.0864. The molecule has 0 aliphatic rings. The van der Waals surface area contributed by atoms with E-state index in [1.165, 1.54) is 57.8 Å². The molecule has 0 heterocycles. The van der Waals surface area contributed by atoms with Crippen LogP contribution in [0, 0.1) is 0 Å². The number of esters is 3. The van der Waals surface area contributed by atoms with Crippen molar-refractivity contribution in [1.29, 1.82) is 0 Å². The van der Waals surface area contributed by atoms with Crippen molar-refractivity contribution in [3.8, 4) is 0 Å². The Morgan fingerprint density at radius 1 is 0.429 bits per heavy atom. The molecular weight excluding hydrogens is 612 g/mol. The minimum atomic E-state index is -0.780. The zero-order valence-corrected chi connectivity index (χ0v) is 31.9. The lowest BCUT2D eigenvalue weighted by atomic mass is 10.1. The van der Waals surface area contributed by atoms with E-state index in [4.69, 9.17) is 14.2 Å². The molecule has 1 atom stereocenters. The third-order valence-electron chi connectivity index (χ3n) is 8.35. The van der Waals surface area contributed by atoms with E-state index in [9.17, 15) is 14.4 Å². The zero-order chi connectivity index (χ0) is 35.9. The molecule has 0 aromatic heterocycles. The number of unbranched alkanes of at least 4 members (excludes halogenated alkanes) is 16. The summed E-state index contributed by atoms with van der Waals surface area (Å²) >= 11 is 0. The zero-order valence-electron chi connectivity index (χ0n) is 31.9. The number of hydrogen-bond acceptors (Lipinski definition) is 6. The van der Waals surface area contributed by atoms with Crippen molar-refractivity contribution < 1.29 is 28.6 Å². The average Bonchev–Trinajstić information content (AvgIpc) is 3.09. The van der Waals surface area contributed by atoms with Gasteiger partial charge < -0.3 is 14.2 Å². The van der Waals surface area contributed by atoms with Gasteiger partial charge in [-0.1, -0.05) is 159 Å². The van der Waals surface area contributed by atoms with E-state index < -0.39 is 6.10 Å². The van der Waals surface area contributed by atoms with Crippen LogP contribution in [0.1, 0.15) is 188 Å². The lowest BCUT2D eigenvalue weighted by Crippen LogP contribution is -2.30. The van der Waals surface area contributed by atoms with Gasteiger partial charge in [-0.3, -0.25) is 14.4 Å². The van der Waals surface area contributed by atoms with Gasteiger partial charge in [0.25, 0.3) is 0 Å². The van der Waals surface area contributed by atoms with E-state index in [2.05, 4.69) is 69.4 Å². The summed E-state index contributed by atoms with van der Waals surface area (Å²) in [7, 11) is 0. The second kappa shape index (κ2) is 38.2. The van der Waals surface area contributed by atoms with Crippen LogP contribution >= 0.6 is 0 Å². The summed E-state index contributed by atoms with van der Waals surface area (Å²) in [5.41, 5.74) is 0. The third kappa shape index (κ3) is 36.5. The summed E-state index contributed by atoms with van der Waals surface area (Å²) in [6, 6.07) is 0. The van der Waals surface area contributed by atoms with Crippen LogP contribution in [0.2, 0.25) is 0 Å². The number of ether oxygens (including phenoxy) is 3. The molecule has 0 spiro atoms. The molecular formula is C43H74O6. The second-order valence-electron chi connectivity index (χ2n) is 13.2. The molecule has 1 unspecified atom stereocenters. The van der Waals surface area contributed by atoms with E-state index in [0.29, 0.717) is 19.3 Å². The second-order valence-corrected chi connectivity index (χ2v) is 13.2. The standard InChI is InChI=1S/C43H74O6/c1-4-7-10-13-15-17-19-20-21-22-24-25-27-30-33-36-42(45)48-39-40(38-47-41(44)35-32-29-12-9-6-3)49-43(46)37-34-31-28-26-23-18-16-14-11-8-5-2/h7,10,15,17,20-21,24-25,40H,4-6,8-9,11-14,16,18-19,22-23,26-39H2,1-3H3/b10-7-,17-15-,21-20-,25-24-. The van der Waals surface area contributed by atoms with Gasteiger partial charge in [0.2, 0.25) is 0 Å². The first kappa shape index (κ1) is 46.4. The van der Waals surface area contributed by atoms with Gasteiger partial charge in [0.05, 0.1) is 0 Å². The van der Waals surface area contributed by atoms with Gasteiger partial charge in [0.1, 0.15) is 13.2 Å². The SMILES string of the molecule is CC/C=C\C/C=C\C/C=C\C/C=C\CCCCC(=O)OCC(COC(=O)CCCCCCC)OC(=O)CCCCCCCCCCCCC. The van der Waals surface area contributed by atoms with Crippen molar-refractivity contribution in [3.05, 3.63) is 48.6 Å². The normalized spacial score (nSPS) is 12.5. The van der Waals surface area contributed by atoms with E-state index in [-0.39, 0.29) is 31.1 Å². The summed E-state index contributed by atoms with van der Waals surface area (Å²) in [4.78, 5) is 37.3. The number of rotatable bonds is 35.